The van der Waals surface area contributed by atoms with Crippen LogP contribution in [0.4, 0.5) is 5.82 Å². The van der Waals surface area contributed by atoms with E-state index in [4.69, 9.17) is 10.5 Å². The Kier molecular flexibility index (Phi) is 3.51. The first-order valence-corrected chi connectivity index (χ1v) is 6.31. The van der Waals surface area contributed by atoms with Crippen LogP contribution >= 0.6 is 22.6 Å². The molecule has 0 spiro atoms. The standard InChI is InChI=1S/C13H13IN2O/c1-8-3-4-9(2)11(7-8)17-10-5-6-16-13(15)12(10)14/h3-7H,1-2H3,(H2,15,16). The lowest BCUT2D eigenvalue weighted by atomic mass is 10.1. The van der Waals surface area contributed by atoms with Gasteiger partial charge in [0.25, 0.3) is 0 Å². The van der Waals surface area contributed by atoms with E-state index in [1.807, 2.05) is 32.0 Å². The smallest absolute Gasteiger partial charge is 0.146 e. The highest BCUT2D eigenvalue weighted by atomic mass is 127. The van der Waals surface area contributed by atoms with E-state index in [0.717, 1.165) is 20.6 Å². The summed E-state index contributed by atoms with van der Waals surface area (Å²) in [5, 5.41) is 0. The van der Waals surface area contributed by atoms with E-state index in [9.17, 15) is 0 Å². The van der Waals surface area contributed by atoms with E-state index in [1.165, 1.54) is 5.56 Å². The Morgan fingerprint density at radius 1 is 1.18 bits per heavy atom. The SMILES string of the molecule is Cc1ccc(C)c(Oc2ccnc(N)c2I)c1. The van der Waals surface area contributed by atoms with Gasteiger partial charge in [0, 0.05) is 12.3 Å². The largest absolute Gasteiger partial charge is 0.456 e. The normalized spacial score (nSPS) is 10.3. The second-order valence-electron chi connectivity index (χ2n) is 3.88. The lowest BCUT2D eigenvalue weighted by molar-refractivity contribution is 0.475. The number of ether oxygens (including phenoxy) is 1. The van der Waals surface area contributed by atoms with Crippen molar-refractivity contribution in [2.24, 2.45) is 0 Å². The molecule has 0 unspecified atom stereocenters. The molecule has 1 aromatic carbocycles. The molecule has 2 rings (SSSR count). The Balaban J connectivity index is 2.38. The van der Waals surface area contributed by atoms with Gasteiger partial charge in [-0.3, -0.25) is 0 Å². The average molecular weight is 340 g/mol. The van der Waals surface area contributed by atoms with Gasteiger partial charge in [0.05, 0.1) is 3.57 Å². The van der Waals surface area contributed by atoms with Crippen LogP contribution in [0.15, 0.2) is 30.5 Å². The molecule has 0 fully saturated rings. The summed E-state index contributed by atoms with van der Waals surface area (Å²) in [6.45, 7) is 4.06. The zero-order valence-corrected chi connectivity index (χ0v) is 11.9. The lowest BCUT2D eigenvalue weighted by Crippen LogP contribution is -1.97. The quantitative estimate of drug-likeness (QED) is 0.849. The highest BCUT2D eigenvalue weighted by Crippen LogP contribution is 2.31. The maximum Gasteiger partial charge on any atom is 0.146 e. The summed E-state index contributed by atoms with van der Waals surface area (Å²) in [6, 6.07) is 7.94. The summed E-state index contributed by atoms with van der Waals surface area (Å²) in [5.74, 6) is 2.09. The summed E-state index contributed by atoms with van der Waals surface area (Å²) in [7, 11) is 0. The van der Waals surface area contributed by atoms with E-state index < -0.39 is 0 Å². The van der Waals surface area contributed by atoms with Crippen molar-refractivity contribution in [3.8, 4) is 11.5 Å². The van der Waals surface area contributed by atoms with Crippen LogP contribution in [0.1, 0.15) is 11.1 Å². The molecule has 88 valence electrons. The van der Waals surface area contributed by atoms with Crippen LogP contribution in [0.2, 0.25) is 0 Å². The fourth-order valence-electron chi connectivity index (χ4n) is 1.46. The number of benzene rings is 1. The predicted octanol–water partition coefficient (Wildman–Crippen LogP) is 3.68. The molecule has 0 atom stereocenters. The van der Waals surface area contributed by atoms with Crippen molar-refractivity contribution >= 4 is 28.4 Å². The number of hydrogen-bond acceptors (Lipinski definition) is 3. The van der Waals surface area contributed by atoms with Crippen LogP contribution in [-0.2, 0) is 0 Å². The molecule has 1 heterocycles. The Labute approximate surface area is 114 Å². The summed E-state index contributed by atoms with van der Waals surface area (Å²) in [4.78, 5) is 4.01. The van der Waals surface area contributed by atoms with Gasteiger partial charge in [-0.1, -0.05) is 12.1 Å². The van der Waals surface area contributed by atoms with E-state index in [1.54, 1.807) is 6.20 Å². The van der Waals surface area contributed by atoms with Gasteiger partial charge >= 0.3 is 0 Å². The van der Waals surface area contributed by atoms with Gasteiger partial charge in [0.2, 0.25) is 0 Å². The van der Waals surface area contributed by atoms with E-state index in [2.05, 4.69) is 33.6 Å². The fraction of sp³-hybridized carbons (Fsp3) is 0.154. The molecular formula is C13H13IN2O. The molecule has 0 saturated carbocycles. The van der Waals surface area contributed by atoms with Gasteiger partial charge in [0.1, 0.15) is 17.3 Å². The third-order valence-electron chi connectivity index (χ3n) is 2.44. The molecule has 4 heteroatoms. The Bertz CT molecular complexity index is 555. The van der Waals surface area contributed by atoms with Crippen molar-refractivity contribution in [2.75, 3.05) is 5.73 Å². The third kappa shape index (κ3) is 2.69. The molecule has 17 heavy (non-hydrogen) atoms. The van der Waals surface area contributed by atoms with Gasteiger partial charge in [-0.2, -0.15) is 0 Å². The Morgan fingerprint density at radius 2 is 1.94 bits per heavy atom. The Hall–Kier alpha value is -1.30. The maximum absolute atomic E-state index is 5.87. The maximum atomic E-state index is 5.87. The van der Waals surface area contributed by atoms with Gasteiger partial charge in [-0.05, 0) is 53.6 Å². The number of nitrogens with two attached hydrogens (primary N) is 1. The topological polar surface area (TPSA) is 48.1 Å². The van der Waals surface area contributed by atoms with Crippen LogP contribution < -0.4 is 10.5 Å². The summed E-state index contributed by atoms with van der Waals surface area (Å²) < 4.78 is 6.71. The molecule has 1 aromatic heterocycles. The zero-order valence-electron chi connectivity index (χ0n) is 9.70. The number of anilines is 1. The number of aromatic nitrogens is 1. The molecule has 0 amide bonds. The van der Waals surface area contributed by atoms with Crippen molar-refractivity contribution in [3.63, 3.8) is 0 Å². The molecule has 0 radical (unpaired) electrons. The molecule has 0 saturated heterocycles. The zero-order chi connectivity index (χ0) is 12.4. The molecular weight excluding hydrogens is 327 g/mol. The molecule has 2 aromatic rings. The summed E-state index contributed by atoms with van der Waals surface area (Å²) in [6.07, 6.45) is 1.65. The van der Waals surface area contributed by atoms with Crippen LogP contribution in [0.5, 0.6) is 11.5 Å². The van der Waals surface area contributed by atoms with Crippen LogP contribution in [0, 0.1) is 17.4 Å². The van der Waals surface area contributed by atoms with Gasteiger partial charge in [-0.15, -0.1) is 0 Å². The lowest BCUT2D eigenvalue weighted by Gasteiger charge is -2.11. The highest BCUT2D eigenvalue weighted by Gasteiger charge is 2.08. The minimum atomic E-state index is 0.494. The fourth-order valence-corrected chi connectivity index (χ4v) is 1.89. The molecule has 0 bridgehead atoms. The first-order valence-electron chi connectivity index (χ1n) is 5.23. The second kappa shape index (κ2) is 4.91. The van der Waals surface area contributed by atoms with Gasteiger partial charge < -0.3 is 10.5 Å². The number of pyridine rings is 1. The first-order chi connectivity index (χ1) is 8.08. The second-order valence-corrected chi connectivity index (χ2v) is 4.96. The number of aryl methyl sites for hydroxylation is 2. The summed E-state index contributed by atoms with van der Waals surface area (Å²) in [5.41, 5.74) is 8.01. The van der Waals surface area contributed by atoms with Crippen molar-refractivity contribution in [1.82, 2.24) is 4.98 Å². The molecule has 3 nitrogen and oxygen atoms in total. The van der Waals surface area contributed by atoms with Gasteiger partial charge in [0.15, 0.2) is 0 Å². The number of rotatable bonds is 2. The average Bonchev–Trinajstić information content (AvgIpc) is 2.30. The van der Waals surface area contributed by atoms with E-state index in [-0.39, 0.29) is 0 Å². The molecule has 2 N–H and O–H groups in total. The summed E-state index contributed by atoms with van der Waals surface area (Å²) >= 11 is 2.14. The van der Waals surface area contributed by atoms with Crippen molar-refractivity contribution < 1.29 is 4.74 Å². The van der Waals surface area contributed by atoms with Crippen LogP contribution in [0.3, 0.4) is 0 Å². The number of hydrogen-bond donors (Lipinski definition) is 1. The molecule has 0 aliphatic heterocycles. The van der Waals surface area contributed by atoms with Crippen LogP contribution in [0.25, 0.3) is 0 Å². The number of nitrogens with zero attached hydrogens (tertiary/aromatic N) is 1. The minimum Gasteiger partial charge on any atom is -0.456 e. The minimum absolute atomic E-state index is 0.494. The van der Waals surface area contributed by atoms with Crippen molar-refractivity contribution in [1.29, 1.82) is 0 Å². The molecule has 0 aliphatic carbocycles. The first kappa shape index (κ1) is 12.2. The van der Waals surface area contributed by atoms with Crippen molar-refractivity contribution in [3.05, 3.63) is 45.2 Å². The third-order valence-corrected chi connectivity index (χ3v) is 3.53. The highest BCUT2D eigenvalue weighted by molar-refractivity contribution is 14.1. The van der Waals surface area contributed by atoms with Gasteiger partial charge in [-0.25, -0.2) is 4.98 Å². The predicted molar refractivity (Wildman–Crippen MR) is 77.4 cm³/mol. The number of nitrogen functional groups attached to an aromatic ring is 1. The molecule has 0 aliphatic rings. The Morgan fingerprint density at radius 3 is 2.71 bits per heavy atom. The van der Waals surface area contributed by atoms with Crippen LogP contribution in [-0.4, -0.2) is 4.98 Å². The van der Waals surface area contributed by atoms with Crippen molar-refractivity contribution in [2.45, 2.75) is 13.8 Å². The van der Waals surface area contributed by atoms with E-state index in [0.29, 0.717) is 5.82 Å². The monoisotopic (exact) mass is 340 g/mol. The number of halogens is 1. The van der Waals surface area contributed by atoms with E-state index >= 15 is 0 Å².